The molecule has 0 atom stereocenters. The standard InChI is InChI=1S/C18H13N5O6/c1-28-18(25)11-6-7-29-15(11)9-21-10-19-16-12(17(21)24)8-20-22(16)13-4-2-3-5-14(13)23(26)27/h2-8,10H,9H2,1H3. The smallest absolute Gasteiger partial charge is 0.341 e. The molecule has 3 heterocycles. The number of ether oxygens (including phenoxy) is 1. The van der Waals surface area contributed by atoms with Gasteiger partial charge in [0, 0.05) is 6.07 Å². The summed E-state index contributed by atoms with van der Waals surface area (Å²) in [5, 5.41) is 15.6. The van der Waals surface area contributed by atoms with Crippen LogP contribution in [-0.4, -0.2) is 37.3 Å². The van der Waals surface area contributed by atoms with Gasteiger partial charge in [-0.2, -0.15) is 5.10 Å². The minimum absolute atomic E-state index is 0.0458. The van der Waals surface area contributed by atoms with Gasteiger partial charge in [0.2, 0.25) is 0 Å². The summed E-state index contributed by atoms with van der Waals surface area (Å²) in [6.07, 6.45) is 3.88. The summed E-state index contributed by atoms with van der Waals surface area (Å²) in [6, 6.07) is 7.47. The predicted molar refractivity (Wildman–Crippen MR) is 98.9 cm³/mol. The van der Waals surface area contributed by atoms with E-state index in [1.165, 1.54) is 59.4 Å². The van der Waals surface area contributed by atoms with Gasteiger partial charge in [-0.05, 0) is 12.1 Å². The van der Waals surface area contributed by atoms with Crippen LogP contribution in [0, 0.1) is 10.1 Å². The van der Waals surface area contributed by atoms with E-state index in [1.807, 2.05) is 0 Å². The molecule has 0 fully saturated rings. The minimum atomic E-state index is -0.583. The molecule has 29 heavy (non-hydrogen) atoms. The first-order valence-electron chi connectivity index (χ1n) is 8.33. The van der Waals surface area contributed by atoms with Crippen LogP contribution in [0.15, 0.2) is 58.3 Å². The van der Waals surface area contributed by atoms with Crippen molar-refractivity contribution in [2.45, 2.75) is 6.54 Å². The molecule has 1 aromatic carbocycles. The zero-order valence-electron chi connectivity index (χ0n) is 15.0. The van der Waals surface area contributed by atoms with Crippen LogP contribution in [-0.2, 0) is 11.3 Å². The van der Waals surface area contributed by atoms with E-state index in [1.54, 1.807) is 6.07 Å². The molecule has 146 valence electrons. The lowest BCUT2D eigenvalue weighted by Gasteiger charge is -2.06. The number of hydrogen-bond donors (Lipinski definition) is 0. The second-order valence-corrected chi connectivity index (χ2v) is 5.97. The summed E-state index contributed by atoms with van der Waals surface area (Å²) in [7, 11) is 1.25. The number of esters is 1. The molecule has 0 unspecified atom stereocenters. The fourth-order valence-electron chi connectivity index (χ4n) is 2.94. The maximum Gasteiger partial charge on any atom is 0.341 e. The zero-order chi connectivity index (χ0) is 20.5. The molecule has 4 rings (SSSR count). The van der Waals surface area contributed by atoms with Gasteiger partial charge < -0.3 is 9.15 Å². The maximum absolute atomic E-state index is 12.8. The fourth-order valence-corrected chi connectivity index (χ4v) is 2.94. The van der Waals surface area contributed by atoms with Crippen LogP contribution in [0.2, 0.25) is 0 Å². The Balaban J connectivity index is 1.78. The van der Waals surface area contributed by atoms with E-state index in [0.717, 1.165) is 0 Å². The van der Waals surface area contributed by atoms with Gasteiger partial charge in [0.15, 0.2) is 5.65 Å². The number of furan rings is 1. The van der Waals surface area contributed by atoms with Gasteiger partial charge in [0.25, 0.3) is 11.2 Å². The quantitative estimate of drug-likeness (QED) is 0.284. The Morgan fingerprint density at radius 2 is 2.10 bits per heavy atom. The second-order valence-electron chi connectivity index (χ2n) is 5.97. The number of carbonyl (C=O) groups excluding carboxylic acids is 1. The number of para-hydroxylation sites is 2. The molecule has 3 aromatic heterocycles. The summed E-state index contributed by atoms with van der Waals surface area (Å²) in [5.41, 5.74) is -0.0340. The molecule has 11 nitrogen and oxygen atoms in total. The van der Waals surface area contributed by atoms with Crippen LogP contribution in [0.1, 0.15) is 16.1 Å². The molecule has 0 saturated carbocycles. The van der Waals surface area contributed by atoms with Crippen molar-refractivity contribution in [2.75, 3.05) is 7.11 Å². The van der Waals surface area contributed by atoms with Crippen LogP contribution in [0.4, 0.5) is 5.69 Å². The predicted octanol–water partition coefficient (Wildman–Crippen LogP) is 1.92. The number of nitrogens with zero attached hydrogens (tertiary/aromatic N) is 5. The number of nitro benzene ring substituents is 1. The van der Waals surface area contributed by atoms with E-state index in [9.17, 15) is 19.7 Å². The highest BCUT2D eigenvalue weighted by Crippen LogP contribution is 2.24. The number of rotatable bonds is 5. The highest BCUT2D eigenvalue weighted by Gasteiger charge is 2.20. The summed E-state index contributed by atoms with van der Waals surface area (Å²) in [6.45, 7) is -0.0458. The van der Waals surface area contributed by atoms with Crippen LogP contribution in [0.25, 0.3) is 16.7 Å². The average molecular weight is 395 g/mol. The van der Waals surface area contributed by atoms with E-state index in [4.69, 9.17) is 4.42 Å². The van der Waals surface area contributed by atoms with Gasteiger partial charge in [0.1, 0.15) is 28.7 Å². The highest BCUT2D eigenvalue weighted by molar-refractivity contribution is 5.90. The number of hydrogen-bond acceptors (Lipinski definition) is 8. The van der Waals surface area contributed by atoms with Gasteiger partial charge in [-0.15, -0.1) is 0 Å². The van der Waals surface area contributed by atoms with Gasteiger partial charge in [-0.3, -0.25) is 19.5 Å². The molecule has 0 saturated heterocycles. The Morgan fingerprint density at radius 1 is 1.31 bits per heavy atom. The van der Waals surface area contributed by atoms with Gasteiger partial charge in [-0.25, -0.2) is 14.5 Å². The summed E-state index contributed by atoms with van der Waals surface area (Å²) in [5.74, 6) is -0.341. The van der Waals surface area contributed by atoms with Crippen molar-refractivity contribution in [1.82, 2.24) is 19.3 Å². The monoisotopic (exact) mass is 395 g/mol. The molecule has 0 spiro atoms. The lowest BCUT2D eigenvalue weighted by Crippen LogP contribution is -2.22. The molecule has 0 N–H and O–H groups in total. The third-order valence-electron chi connectivity index (χ3n) is 4.33. The normalized spacial score (nSPS) is 10.9. The molecule has 0 aliphatic heterocycles. The van der Waals surface area contributed by atoms with Crippen molar-refractivity contribution in [3.8, 4) is 5.69 Å². The summed E-state index contributed by atoms with van der Waals surface area (Å²) in [4.78, 5) is 39.6. The number of benzene rings is 1. The van der Waals surface area contributed by atoms with Crippen LogP contribution in [0.5, 0.6) is 0 Å². The molecule has 0 amide bonds. The molecule has 0 aliphatic carbocycles. The lowest BCUT2D eigenvalue weighted by atomic mass is 10.2. The maximum atomic E-state index is 12.8. The fraction of sp³-hybridized carbons (Fsp3) is 0.111. The van der Waals surface area contributed by atoms with Gasteiger partial charge in [-0.1, -0.05) is 12.1 Å². The first-order chi connectivity index (χ1) is 14.0. The highest BCUT2D eigenvalue weighted by atomic mass is 16.6. The minimum Gasteiger partial charge on any atom is -0.467 e. The Kier molecular flexibility index (Phi) is 4.39. The summed E-state index contributed by atoms with van der Waals surface area (Å²) >= 11 is 0. The Morgan fingerprint density at radius 3 is 2.86 bits per heavy atom. The molecule has 11 heteroatoms. The van der Waals surface area contributed by atoms with Crippen molar-refractivity contribution in [3.05, 3.63) is 80.9 Å². The number of aromatic nitrogens is 4. The largest absolute Gasteiger partial charge is 0.467 e. The van der Waals surface area contributed by atoms with Gasteiger partial charge in [0.05, 0.1) is 31.0 Å². The SMILES string of the molecule is COC(=O)c1ccoc1Cn1cnc2c(cnn2-c2ccccc2[N+](=O)[O-])c1=O. The Bertz CT molecular complexity index is 1300. The molecule has 0 bridgehead atoms. The van der Waals surface area contributed by atoms with E-state index in [-0.39, 0.29) is 40.3 Å². The second kappa shape index (κ2) is 7.03. The first-order valence-corrected chi connectivity index (χ1v) is 8.33. The lowest BCUT2D eigenvalue weighted by molar-refractivity contribution is -0.384. The number of fused-ring (bicyclic) bond motifs is 1. The number of nitro groups is 1. The van der Waals surface area contributed by atoms with E-state index < -0.39 is 16.5 Å². The number of carbonyl (C=O) groups is 1. The van der Waals surface area contributed by atoms with Crippen molar-refractivity contribution < 1.29 is 18.9 Å². The van der Waals surface area contributed by atoms with Crippen molar-refractivity contribution in [3.63, 3.8) is 0 Å². The Hall–Kier alpha value is -4.28. The van der Waals surface area contributed by atoms with Gasteiger partial charge >= 0.3 is 5.97 Å². The van der Waals surface area contributed by atoms with E-state index in [2.05, 4.69) is 14.8 Å². The molecule has 0 radical (unpaired) electrons. The first kappa shape index (κ1) is 18.1. The van der Waals surface area contributed by atoms with Crippen molar-refractivity contribution in [1.29, 1.82) is 0 Å². The van der Waals surface area contributed by atoms with Crippen LogP contribution >= 0.6 is 0 Å². The zero-order valence-corrected chi connectivity index (χ0v) is 15.0. The van der Waals surface area contributed by atoms with Crippen LogP contribution < -0.4 is 5.56 Å². The molecule has 0 aliphatic rings. The molecule has 4 aromatic rings. The van der Waals surface area contributed by atoms with Crippen molar-refractivity contribution in [2.24, 2.45) is 0 Å². The van der Waals surface area contributed by atoms with E-state index in [0.29, 0.717) is 0 Å². The number of methoxy groups -OCH3 is 1. The third-order valence-corrected chi connectivity index (χ3v) is 4.33. The van der Waals surface area contributed by atoms with E-state index >= 15 is 0 Å². The molecular weight excluding hydrogens is 382 g/mol. The third kappa shape index (κ3) is 3.04. The summed E-state index contributed by atoms with van der Waals surface area (Å²) < 4.78 is 12.5. The van der Waals surface area contributed by atoms with Crippen LogP contribution in [0.3, 0.4) is 0 Å². The molecular formula is C18H13N5O6. The Labute approximate surface area is 161 Å². The topological polar surface area (TPSA) is 135 Å². The average Bonchev–Trinajstić information content (AvgIpc) is 3.36. The van der Waals surface area contributed by atoms with Crippen molar-refractivity contribution >= 4 is 22.7 Å².